The lowest BCUT2D eigenvalue weighted by atomic mass is 10.1. The average molecular weight is 528 g/mol. The number of hydrogen-bond donors (Lipinski definition) is 4. The molecule has 2 aliphatic rings. The molecule has 0 unspecified atom stereocenters. The number of benzene rings is 2. The minimum Gasteiger partial charge on any atom is -0.403 e. The summed E-state index contributed by atoms with van der Waals surface area (Å²) in [6.45, 7) is 5.98. The van der Waals surface area contributed by atoms with Crippen LogP contribution in [-0.4, -0.2) is 67.9 Å². The van der Waals surface area contributed by atoms with E-state index in [-0.39, 0.29) is 24.2 Å². The number of carbonyl (C=O) groups excluding carboxylic acids is 2. The van der Waals surface area contributed by atoms with E-state index in [1.165, 1.54) is 47.9 Å². The van der Waals surface area contributed by atoms with Gasteiger partial charge in [-0.1, -0.05) is 19.1 Å². The number of anilines is 1. The van der Waals surface area contributed by atoms with E-state index in [4.69, 9.17) is 17.3 Å². The van der Waals surface area contributed by atoms with Crippen molar-refractivity contribution in [1.29, 1.82) is 0 Å². The van der Waals surface area contributed by atoms with Gasteiger partial charge in [0.1, 0.15) is 5.82 Å². The van der Waals surface area contributed by atoms with Gasteiger partial charge in [0, 0.05) is 44.1 Å². The van der Waals surface area contributed by atoms with Crippen LogP contribution in [0.3, 0.4) is 0 Å². The highest BCUT2D eigenvalue weighted by molar-refractivity contribution is 5.96. The summed E-state index contributed by atoms with van der Waals surface area (Å²) >= 11 is 0. The quantitative estimate of drug-likeness (QED) is 0.321. The van der Waals surface area contributed by atoms with E-state index in [1.807, 2.05) is 19.2 Å². The summed E-state index contributed by atoms with van der Waals surface area (Å²) in [6.07, 6.45) is 6.49. The number of nitrogens with two attached hydrogens (primary N) is 3. The maximum absolute atomic E-state index is 12.4. The third-order valence-electron chi connectivity index (χ3n) is 6.14. The average Bonchev–Trinajstić information content (AvgIpc) is 3.79. The maximum atomic E-state index is 12.4. The minimum atomic E-state index is -0.290. The Balaban J connectivity index is 0.000000295. The second kappa shape index (κ2) is 16.4. The molecule has 1 saturated heterocycles. The van der Waals surface area contributed by atoms with Crippen molar-refractivity contribution in [3.05, 3.63) is 77.9 Å². The molecule has 9 nitrogen and oxygen atoms in total. The minimum absolute atomic E-state index is 0.00320. The number of likely N-dealkylation sites (N-methyl/N-ethyl adjacent to an activating group) is 1. The number of hydrazine groups is 1. The van der Waals surface area contributed by atoms with Crippen molar-refractivity contribution in [3.63, 3.8) is 0 Å². The first kappa shape index (κ1) is 30.8. The number of halogens is 1. The van der Waals surface area contributed by atoms with Crippen molar-refractivity contribution in [2.75, 3.05) is 51.3 Å². The highest BCUT2D eigenvalue weighted by Crippen LogP contribution is 2.39. The molecule has 1 saturated carbocycles. The zero-order valence-corrected chi connectivity index (χ0v) is 22.5. The van der Waals surface area contributed by atoms with Crippen LogP contribution >= 0.6 is 0 Å². The van der Waals surface area contributed by atoms with Crippen LogP contribution in [0.2, 0.25) is 0 Å². The summed E-state index contributed by atoms with van der Waals surface area (Å²) in [5.74, 6) is 5.99. The number of rotatable bonds is 7. The zero-order valence-electron chi connectivity index (χ0n) is 22.5. The Hall–Kier alpha value is -3.47. The first-order valence-corrected chi connectivity index (χ1v) is 13.0. The zero-order chi connectivity index (χ0) is 27.9. The van der Waals surface area contributed by atoms with Gasteiger partial charge in [-0.05, 0) is 80.7 Å². The van der Waals surface area contributed by atoms with Gasteiger partial charge in [0.15, 0.2) is 0 Å². The lowest BCUT2D eigenvalue weighted by molar-refractivity contribution is -0.131. The Labute approximate surface area is 225 Å². The summed E-state index contributed by atoms with van der Waals surface area (Å²) in [5, 5.41) is 4.00. The van der Waals surface area contributed by atoms with Crippen molar-refractivity contribution in [3.8, 4) is 0 Å². The summed E-state index contributed by atoms with van der Waals surface area (Å²) in [4.78, 5) is 28.2. The summed E-state index contributed by atoms with van der Waals surface area (Å²) < 4.78 is 12.4. The van der Waals surface area contributed by atoms with Gasteiger partial charge in [0.25, 0.3) is 5.91 Å². The monoisotopic (exact) mass is 527 g/mol. The van der Waals surface area contributed by atoms with E-state index in [9.17, 15) is 14.0 Å². The number of nitrogens with zero attached hydrogens (tertiary/aromatic N) is 3. The molecular formula is C28H42FN7O2. The third kappa shape index (κ3) is 10.9. The van der Waals surface area contributed by atoms with E-state index in [1.54, 1.807) is 29.2 Å². The molecule has 4 rings (SSSR count). The molecule has 0 aromatic heterocycles. The SMILES string of the molecule is CCCN.CN1CCN(C(=O)CNC(=O)c2ccc(N(N)/C=C\N)cc2)CC1.Fc1ccc(C2CC2)cc1. The standard InChI is InChI=1S/C16H24N6O2.C9H9F.C3H9N/c1-20-8-10-21(11-9-20)15(23)12-19-16(24)13-2-4-14(5-3-13)22(18)7-6-17;10-9-5-3-8(4-6-9)7-1-2-7;1-2-3-4/h2-7H,8-12,17-18H2,1H3,(H,19,24);3-7H,1-2H2;2-4H2,1H3/b7-6-;;. The summed E-state index contributed by atoms with van der Waals surface area (Å²) in [6, 6.07) is 13.5. The Morgan fingerprint density at radius 2 is 1.63 bits per heavy atom. The van der Waals surface area contributed by atoms with Gasteiger partial charge in [0.2, 0.25) is 5.91 Å². The highest BCUT2D eigenvalue weighted by Gasteiger charge is 2.23. The molecule has 0 atom stereocenters. The lowest BCUT2D eigenvalue weighted by Gasteiger charge is -2.32. The second-order valence-electron chi connectivity index (χ2n) is 9.28. The van der Waals surface area contributed by atoms with Crippen LogP contribution in [0.4, 0.5) is 10.1 Å². The van der Waals surface area contributed by atoms with Gasteiger partial charge in [-0.3, -0.25) is 14.6 Å². The van der Waals surface area contributed by atoms with E-state index in [0.29, 0.717) is 24.3 Å². The topological polar surface area (TPSA) is 134 Å². The number of piperazine rings is 1. The van der Waals surface area contributed by atoms with Crippen LogP contribution in [0, 0.1) is 5.82 Å². The van der Waals surface area contributed by atoms with Gasteiger partial charge in [-0.2, -0.15) is 0 Å². The van der Waals surface area contributed by atoms with Crippen molar-refractivity contribution in [1.82, 2.24) is 15.1 Å². The molecule has 38 heavy (non-hydrogen) atoms. The number of amides is 2. The van der Waals surface area contributed by atoms with Crippen LogP contribution < -0.4 is 27.6 Å². The van der Waals surface area contributed by atoms with Gasteiger partial charge < -0.3 is 26.6 Å². The van der Waals surface area contributed by atoms with Gasteiger partial charge >= 0.3 is 0 Å². The molecule has 2 aromatic carbocycles. The first-order valence-electron chi connectivity index (χ1n) is 13.0. The Morgan fingerprint density at radius 3 is 2.13 bits per heavy atom. The Bertz CT molecular complexity index is 1000. The molecule has 2 fully saturated rings. The predicted octanol–water partition coefficient (Wildman–Crippen LogP) is 2.36. The maximum Gasteiger partial charge on any atom is 0.251 e. The van der Waals surface area contributed by atoms with E-state index in [0.717, 1.165) is 32.0 Å². The molecule has 0 radical (unpaired) electrons. The van der Waals surface area contributed by atoms with E-state index in [2.05, 4.69) is 17.1 Å². The smallest absolute Gasteiger partial charge is 0.251 e. The van der Waals surface area contributed by atoms with Crippen molar-refractivity contribution in [2.24, 2.45) is 17.3 Å². The number of hydrogen-bond acceptors (Lipinski definition) is 7. The molecule has 208 valence electrons. The Kier molecular flexibility index (Phi) is 13.3. The molecular weight excluding hydrogens is 485 g/mol. The van der Waals surface area contributed by atoms with Gasteiger partial charge in [-0.25, -0.2) is 10.2 Å². The highest BCUT2D eigenvalue weighted by atomic mass is 19.1. The number of nitrogens with one attached hydrogen (secondary N) is 1. The molecule has 1 aliphatic heterocycles. The van der Waals surface area contributed by atoms with Crippen molar-refractivity contribution in [2.45, 2.75) is 32.1 Å². The van der Waals surface area contributed by atoms with Crippen LogP contribution in [0.15, 0.2) is 60.9 Å². The van der Waals surface area contributed by atoms with Crippen molar-refractivity contribution >= 4 is 17.5 Å². The van der Waals surface area contributed by atoms with Crippen molar-refractivity contribution < 1.29 is 14.0 Å². The molecule has 0 bridgehead atoms. The Morgan fingerprint density at radius 1 is 1.05 bits per heavy atom. The molecule has 10 heteroatoms. The fourth-order valence-corrected chi connectivity index (χ4v) is 3.54. The summed E-state index contributed by atoms with van der Waals surface area (Å²) in [5.41, 5.74) is 12.8. The van der Waals surface area contributed by atoms with Crippen LogP contribution in [0.1, 0.15) is 48.0 Å². The fourth-order valence-electron chi connectivity index (χ4n) is 3.54. The molecule has 0 spiro atoms. The number of carbonyl (C=O) groups is 2. The summed E-state index contributed by atoms with van der Waals surface area (Å²) in [7, 11) is 2.03. The van der Waals surface area contributed by atoms with Gasteiger partial charge in [0.05, 0.1) is 12.2 Å². The molecule has 1 heterocycles. The van der Waals surface area contributed by atoms with E-state index < -0.39 is 0 Å². The molecule has 2 amide bonds. The third-order valence-corrected chi connectivity index (χ3v) is 6.14. The predicted molar refractivity (Wildman–Crippen MR) is 151 cm³/mol. The van der Waals surface area contributed by atoms with Crippen LogP contribution in [0.5, 0.6) is 0 Å². The van der Waals surface area contributed by atoms with E-state index >= 15 is 0 Å². The van der Waals surface area contributed by atoms with Crippen LogP contribution in [-0.2, 0) is 4.79 Å². The van der Waals surface area contributed by atoms with Gasteiger partial charge in [-0.15, -0.1) is 0 Å². The van der Waals surface area contributed by atoms with Crippen LogP contribution in [0.25, 0.3) is 0 Å². The second-order valence-corrected chi connectivity index (χ2v) is 9.28. The lowest BCUT2D eigenvalue weighted by Crippen LogP contribution is -2.50. The molecule has 2 aromatic rings. The first-order chi connectivity index (χ1) is 18.3. The normalized spacial score (nSPS) is 15.1. The largest absolute Gasteiger partial charge is 0.403 e. The molecule has 1 aliphatic carbocycles. The fraction of sp³-hybridized carbons (Fsp3) is 0.429. The molecule has 7 N–H and O–H groups in total.